The number of thioether (sulfide) groups is 1. The van der Waals surface area contributed by atoms with Crippen LogP contribution in [0.25, 0.3) is 0 Å². The molecule has 0 aliphatic rings. The first-order valence-corrected chi connectivity index (χ1v) is 8.05. The standard InChI is InChI=1S/C13H15N3O2S2/c1-8-6-4-5-7-10(8)18-9(2)11(17)14-12-15-16-13(19-3)20-12/h4-7,9H,1-3H3,(H,14,15,17)/t9-/m1/s1. The van der Waals surface area contributed by atoms with Crippen LogP contribution in [0.1, 0.15) is 12.5 Å². The number of nitrogens with zero attached hydrogens (tertiary/aromatic N) is 2. The van der Waals surface area contributed by atoms with Gasteiger partial charge in [0.25, 0.3) is 5.91 Å². The van der Waals surface area contributed by atoms with Crippen molar-refractivity contribution in [2.45, 2.75) is 24.3 Å². The van der Waals surface area contributed by atoms with Crippen molar-refractivity contribution >= 4 is 34.1 Å². The first-order chi connectivity index (χ1) is 9.60. The summed E-state index contributed by atoms with van der Waals surface area (Å²) in [5, 5.41) is 11.0. The molecule has 0 saturated heterocycles. The molecule has 0 spiro atoms. The number of carbonyl (C=O) groups excluding carboxylic acids is 1. The van der Waals surface area contributed by atoms with Crippen LogP contribution in [0.15, 0.2) is 28.6 Å². The van der Waals surface area contributed by atoms with Gasteiger partial charge < -0.3 is 4.74 Å². The number of amides is 1. The van der Waals surface area contributed by atoms with Crippen molar-refractivity contribution in [2.24, 2.45) is 0 Å². The average molecular weight is 309 g/mol. The molecular weight excluding hydrogens is 294 g/mol. The van der Waals surface area contributed by atoms with E-state index in [0.29, 0.717) is 10.9 Å². The number of anilines is 1. The number of aryl methyl sites for hydroxylation is 1. The molecule has 1 aromatic carbocycles. The van der Waals surface area contributed by atoms with Crippen molar-refractivity contribution < 1.29 is 9.53 Å². The molecule has 7 heteroatoms. The summed E-state index contributed by atoms with van der Waals surface area (Å²) in [6.45, 7) is 3.65. The number of aromatic nitrogens is 2. The quantitative estimate of drug-likeness (QED) is 0.679. The molecule has 0 unspecified atom stereocenters. The molecule has 2 aromatic rings. The molecule has 0 radical (unpaired) electrons. The summed E-state index contributed by atoms with van der Waals surface area (Å²) in [7, 11) is 0. The van der Waals surface area contributed by atoms with Gasteiger partial charge in [0.2, 0.25) is 5.13 Å². The summed E-state index contributed by atoms with van der Waals surface area (Å²) in [4.78, 5) is 12.0. The van der Waals surface area contributed by atoms with Gasteiger partial charge in [-0.3, -0.25) is 10.1 Å². The van der Waals surface area contributed by atoms with Crippen molar-refractivity contribution in [1.29, 1.82) is 0 Å². The fourth-order valence-corrected chi connectivity index (χ4v) is 2.66. The van der Waals surface area contributed by atoms with E-state index in [1.165, 1.54) is 23.1 Å². The maximum Gasteiger partial charge on any atom is 0.266 e. The molecule has 0 aliphatic heterocycles. The summed E-state index contributed by atoms with van der Waals surface area (Å²) in [5.41, 5.74) is 0.993. The highest BCUT2D eigenvalue weighted by atomic mass is 32.2. The lowest BCUT2D eigenvalue weighted by molar-refractivity contribution is -0.122. The largest absolute Gasteiger partial charge is 0.481 e. The zero-order valence-electron chi connectivity index (χ0n) is 11.4. The zero-order valence-corrected chi connectivity index (χ0v) is 13.0. The fraction of sp³-hybridized carbons (Fsp3) is 0.308. The Kier molecular flexibility index (Phi) is 4.97. The number of para-hydroxylation sites is 1. The Labute approximate surface area is 125 Å². The lowest BCUT2D eigenvalue weighted by atomic mass is 10.2. The lowest BCUT2D eigenvalue weighted by Crippen LogP contribution is -2.30. The van der Waals surface area contributed by atoms with Gasteiger partial charge in [-0.05, 0) is 31.7 Å². The Balaban J connectivity index is 1.97. The molecule has 1 heterocycles. The van der Waals surface area contributed by atoms with E-state index in [1.54, 1.807) is 6.92 Å². The van der Waals surface area contributed by atoms with E-state index in [-0.39, 0.29) is 5.91 Å². The first kappa shape index (κ1) is 14.8. The number of hydrogen-bond acceptors (Lipinski definition) is 6. The third kappa shape index (κ3) is 3.71. The SMILES string of the molecule is CSc1nnc(NC(=O)[C@@H](C)Oc2ccccc2C)s1. The van der Waals surface area contributed by atoms with Gasteiger partial charge in [0.1, 0.15) is 5.75 Å². The molecular formula is C13H15N3O2S2. The summed E-state index contributed by atoms with van der Waals surface area (Å²) >= 11 is 2.83. The van der Waals surface area contributed by atoms with E-state index in [9.17, 15) is 4.79 Å². The molecule has 0 fully saturated rings. The van der Waals surface area contributed by atoms with Crippen molar-refractivity contribution in [3.63, 3.8) is 0 Å². The van der Waals surface area contributed by atoms with E-state index in [1.807, 2.05) is 37.4 Å². The van der Waals surface area contributed by atoms with Crippen LogP contribution in [0, 0.1) is 6.92 Å². The van der Waals surface area contributed by atoms with E-state index in [2.05, 4.69) is 15.5 Å². The maximum absolute atomic E-state index is 12.0. The Hall–Kier alpha value is -1.60. The van der Waals surface area contributed by atoms with Gasteiger partial charge in [0.05, 0.1) is 0 Å². The van der Waals surface area contributed by atoms with Gasteiger partial charge in [0, 0.05) is 0 Å². The highest BCUT2D eigenvalue weighted by molar-refractivity contribution is 8.00. The Morgan fingerprint density at radius 3 is 2.80 bits per heavy atom. The van der Waals surface area contributed by atoms with Crippen molar-refractivity contribution in [1.82, 2.24) is 10.2 Å². The average Bonchev–Trinajstić information content (AvgIpc) is 2.89. The molecule has 0 aliphatic carbocycles. The Bertz CT molecular complexity index is 601. The minimum atomic E-state index is -0.599. The Morgan fingerprint density at radius 1 is 1.40 bits per heavy atom. The highest BCUT2D eigenvalue weighted by Crippen LogP contribution is 2.23. The van der Waals surface area contributed by atoms with Crippen molar-refractivity contribution in [3.05, 3.63) is 29.8 Å². The van der Waals surface area contributed by atoms with Crippen LogP contribution in [-0.4, -0.2) is 28.5 Å². The third-order valence-electron chi connectivity index (χ3n) is 2.58. The highest BCUT2D eigenvalue weighted by Gasteiger charge is 2.17. The summed E-state index contributed by atoms with van der Waals surface area (Å²) < 4.78 is 6.46. The number of carbonyl (C=O) groups is 1. The molecule has 106 valence electrons. The molecule has 5 nitrogen and oxygen atoms in total. The monoisotopic (exact) mass is 309 g/mol. The first-order valence-electron chi connectivity index (χ1n) is 6.01. The van der Waals surface area contributed by atoms with Crippen LogP contribution in [-0.2, 0) is 4.79 Å². The number of ether oxygens (including phenoxy) is 1. The molecule has 0 saturated carbocycles. The van der Waals surface area contributed by atoms with Gasteiger partial charge in [-0.1, -0.05) is 41.3 Å². The van der Waals surface area contributed by atoms with Gasteiger partial charge in [-0.15, -0.1) is 10.2 Å². The maximum atomic E-state index is 12.0. The van der Waals surface area contributed by atoms with E-state index in [4.69, 9.17) is 4.74 Å². The number of rotatable bonds is 5. The predicted octanol–water partition coefficient (Wildman–Crippen LogP) is 2.97. The second-order valence-corrected chi connectivity index (χ2v) is 6.12. The normalized spacial score (nSPS) is 11.9. The summed E-state index contributed by atoms with van der Waals surface area (Å²) in [6.07, 6.45) is 1.31. The minimum absolute atomic E-state index is 0.239. The van der Waals surface area contributed by atoms with Crippen LogP contribution >= 0.6 is 23.1 Å². The van der Waals surface area contributed by atoms with Gasteiger partial charge in [-0.25, -0.2) is 0 Å². The zero-order chi connectivity index (χ0) is 14.5. The summed E-state index contributed by atoms with van der Waals surface area (Å²) in [6, 6.07) is 7.59. The fourth-order valence-electron chi connectivity index (χ4n) is 1.48. The number of benzene rings is 1. The molecule has 1 N–H and O–H groups in total. The van der Waals surface area contributed by atoms with E-state index >= 15 is 0 Å². The van der Waals surface area contributed by atoms with Crippen LogP contribution < -0.4 is 10.1 Å². The minimum Gasteiger partial charge on any atom is -0.481 e. The lowest BCUT2D eigenvalue weighted by Gasteiger charge is -2.15. The Morgan fingerprint density at radius 2 is 2.15 bits per heavy atom. The summed E-state index contributed by atoms with van der Waals surface area (Å²) in [5.74, 6) is 0.467. The molecule has 1 atom stereocenters. The van der Waals surface area contributed by atoms with Gasteiger partial charge >= 0.3 is 0 Å². The topological polar surface area (TPSA) is 64.1 Å². The van der Waals surface area contributed by atoms with Crippen LogP contribution in [0.4, 0.5) is 5.13 Å². The van der Waals surface area contributed by atoms with Gasteiger partial charge in [0.15, 0.2) is 10.4 Å². The van der Waals surface area contributed by atoms with E-state index in [0.717, 1.165) is 9.90 Å². The molecule has 2 rings (SSSR count). The molecule has 20 heavy (non-hydrogen) atoms. The smallest absolute Gasteiger partial charge is 0.266 e. The van der Waals surface area contributed by atoms with E-state index < -0.39 is 6.10 Å². The van der Waals surface area contributed by atoms with Crippen LogP contribution in [0.2, 0.25) is 0 Å². The number of nitrogens with one attached hydrogen (secondary N) is 1. The van der Waals surface area contributed by atoms with Gasteiger partial charge in [-0.2, -0.15) is 0 Å². The van der Waals surface area contributed by atoms with Crippen molar-refractivity contribution in [3.8, 4) is 5.75 Å². The van der Waals surface area contributed by atoms with Crippen molar-refractivity contribution in [2.75, 3.05) is 11.6 Å². The number of hydrogen-bond donors (Lipinski definition) is 1. The third-order valence-corrected chi connectivity index (χ3v) is 4.39. The molecule has 1 aromatic heterocycles. The second kappa shape index (κ2) is 6.71. The van der Waals surface area contributed by atoms with Crippen LogP contribution in [0.5, 0.6) is 5.75 Å². The second-order valence-electron chi connectivity index (χ2n) is 4.09. The van der Waals surface area contributed by atoms with Crippen LogP contribution in [0.3, 0.4) is 0 Å². The predicted molar refractivity (Wildman–Crippen MR) is 81.6 cm³/mol. The molecule has 0 bridgehead atoms. The molecule has 1 amide bonds.